The Morgan fingerprint density at radius 3 is 2.28 bits per heavy atom. The Labute approximate surface area is 184 Å². The number of carbonyl (C=O) groups is 4. The van der Waals surface area contributed by atoms with Crippen molar-refractivity contribution in [2.75, 3.05) is 6.61 Å². The Morgan fingerprint density at radius 1 is 1.03 bits per heavy atom. The smallest absolute Gasteiger partial charge is 0.338 e. The van der Waals surface area contributed by atoms with Gasteiger partial charge < -0.3 is 19.7 Å². The number of aliphatic carboxylic acids is 1. The summed E-state index contributed by atoms with van der Waals surface area (Å²) in [5.41, 5.74) is -1.67. The minimum Gasteiger partial charge on any atom is -0.485 e. The fourth-order valence-corrected chi connectivity index (χ4v) is 3.57. The maximum atomic E-state index is 12.8. The Morgan fingerprint density at radius 2 is 1.66 bits per heavy atom. The number of ether oxygens (including phenoxy) is 2. The van der Waals surface area contributed by atoms with Gasteiger partial charge >= 0.3 is 11.9 Å². The number of para-hydroxylation sites is 1. The molecule has 0 heterocycles. The van der Waals surface area contributed by atoms with Crippen LogP contribution >= 0.6 is 0 Å². The van der Waals surface area contributed by atoms with Crippen LogP contribution in [0.5, 0.6) is 5.75 Å². The van der Waals surface area contributed by atoms with E-state index in [1.807, 2.05) is 0 Å². The minimum absolute atomic E-state index is 0.210. The van der Waals surface area contributed by atoms with Crippen LogP contribution in [0.3, 0.4) is 0 Å². The summed E-state index contributed by atoms with van der Waals surface area (Å²) in [5.74, 6) is -2.98. The van der Waals surface area contributed by atoms with Crippen molar-refractivity contribution in [2.45, 2.75) is 25.0 Å². The van der Waals surface area contributed by atoms with Crippen molar-refractivity contribution in [1.82, 2.24) is 0 Å². The molecule has 32 heavy (non-hydrogen) atoms. The summed E-state index contributed by atoms with van der Waals surface area (Å²) in [7, 11) is 0. The molecule has 2 aromatic rings. The number of aliphatic hydroxyl groups is 1. The number of aliphatic hydroxyl groups excluding tert-OH is 1. The lowest BCUT2D eigenvalue weighted by molar-refractivity contribution is -0.145. The van der Waals surface area contributed by atoms with E-state index in [0.717, 1.165) is 12.2 Å². The number of benzene rings is 2. The number of carboxylic acids is 1. The van der Waals surface area contributed by atoms with E-state index in [4.69, 9.17) is 9.47 Å². The molecule has 3 atom stereocenters. The minimum atomic E-state index is -1.88. The Balaban J connectivity index is 1.81. The van der Waals surface area contributed by atoms with Gasteiger partial charge in [0.25, 0.3) is 0 Å². The number of hydrogen-bond acceptors (Lipinski definition) is 7. The van der Waals surface area contributed by atoms with Crippen LogP contribution in [0.2, 0.25) is 0 Å². The predicted octanol–water partition coefficient (Wildman–Crippen LogP) is 2.21. The molecule has 1 fully saturated rings. The lowest BCUT2D eigenvalue weighted by atomic mass is 9.79. The molecule has 1 saturated carbocycles. The van der Waals surface area contributed by atoms with E-state index in [-0.39, 0.29) is 18.6 Å². The number of carboxylic acid groups (broad SMARTS) is 1. The molecule has 3 rings (SSSR count). The van der Waals surface area contributed by atoms with Crippen LogP contribution in [0, 0.1) is 5.41 Å². The van der Waals surface area contributed by atoms with Gasteiger partial charge in [-0.25, -0.2) is 4.79 Å². The molecule has 0 amide bonds. The second-order valence-electron chi connectivity index (χ2n) is 7.39. The molecule has 0 radical (unpaired) electrons. The van der Waals surface area contributed by atoms with Gasteiger partial charge in [0, 0.05) is 6.42 Å². The molecule has 0 bridgehead atoms. The van der Waals surface area contributed by atoms with Crippen molar-refractivity contribution in [1.29, 1.82) is 0 Å². The van der Waals surface area contributed by atoms with Crippen molar-refractivity contribution in [2.24, 2.45) is 5.41 Å². The van der Waals surface area contributed by atoms with Crippen LogP contribution in [0.15, 0.2) is 72.8 Å². The zero-order valence-corrected chi connectivity index (χ0v) is 17.0. The summed E-state index contributed by atoms with van der Waals surface area (Å²) < 4.78 is 10.8. The molecule has 0 saturated heterocycles. The zero-order valence-electron chi connectivity index (χ0n) is 17.0. The third kappa shape index (κ3) is 5.28. The predicted molar refractivity (Wildman–Crippen MR) is 112 cm³/mol. The molecule has 166 valence electrons. The maximum absolute atomic E-state index is 12.8. The van der Waals surface area contributed by atoms with Gasteiger partial charge in [0.05, 0.1) is 17.4 Å². The van der Waals surface area contributed by atoms with Crippen molar-refractivity contribution in [3.8, 4) is 5.75 Å². The standard InChI is InChI=1S/C24H22O8/c25-17(15-31-18-9-5-2-6-10-18)11-12-24(14-21(27)28)20(13-19(26)22(24)29)32-23(30)16-7-3-1-4-8-16/h1-12,19-20,26H,13-15H2,(H,27,28)/t19-,20+,24+/m1/s1. The van der Waals surface area contributed by atoms with Gasteiger partial charge in [-0.3, -0.25) is 14.4 Å². The quantitative estimate of drug-likeness (QED) is 0.451. The number of rotatable bonds is 9. The lowest BCUT2D eigenvalue weighted by Crippen LogP contribution is -2.40. The highest BCUT2D eigenvalue weighted by Gasteiger charge is 2.56. The summed E-state index contributed by atoms with van der Waals surface area (Å²) in [5, 5.41) is 19.6. The Kier molecular flexibility index (Phi) is 7.17. The van der Waals surface area contributed by atoms with Crippen LogP contribution < -0.4 is 4.74 Å². The number of Topliss-reactive ketones (excluding diaryl/α,β-unsaturated/α-hetero) is 1. The van der Waals surface area contributed by atoms with E-state index in [1.54, 1.807) is 48.5 Å². The molecule has 1 aliphatic rings. The topological polar surface area (TPSA) is 127 Å². The first-order valence-electron chi connectivity index (χ1n) is 9.92. The molecule has 0 aliphatic heterocycles. The first kappa shape index (κ1) is 22.9. The molecule has 8 nitrogen and oxygen atoms in total. The van der Waals surface area contributed by atoms with Gasteiger partial charge in [0.2, 0.25) is 0 Å². The van der Waals surface area contributed by atoms with Crippen LogP contribution in [0.1, 0.15) is 23.2 Å². The average Bonchev–Trinajstić information content (AvgIpc) is 3.01. The van der Waals surface area contributed by atoms with Crippen molar-refractivity contribution < 1.29 is 38.9 Å². The Bertz CT molecular complexity index is 1010. The van der Waals surface area contributed by atoms with Gasteiger partial charge in [-0.1, -0.05) is 42.5 Å². The fraction of sp³-hybridized carbons (Fsp3) is 0.250. The third-order valence-electron chi connectivity index (χ3n) is 5.17. The van der Waals surface area contributed by atoms with Crippen molar-refractivity contribution >= 4 is 23.5 Å². The molecule has 0 aromatic heterocycles. The molecular weight excluding hydrogens is 416 g/mol. The molecule has 2 N–H and O–H groups in total. The summed E-state index contributed by atoms with van der Waals surface area (Å²) >= 11 is 0. The second kappa shape index (κ2) is 10.0. The number of hydrogen-bond donors (Lipinski definition) is 2. The average molecular weight is 438 g/mol. The van der Waals surface area contributed by atoms with Crippen LogP contribution in [-0.2, 0) is 19.1 Å². The van der Waals surface area contributed by atoms with Crippen molar-refractivity contribution in [3.63, 3.8) is 0 Å². The van der Waals surface area contributed by atoms with Crippen LogP contribution in [-0.4, -0.2) is 52.5 Å². The molecule has 0 unspecified atom stereocenters. The van der Waals surface area contributed by atoms with Crippen molar-refractivity contribution in [3.05, 3.63) is 78.4 Å². The van der Waals surface area contributed by atoms with E-state index in [9.17, 15) is 29.4 Å². The summed E-state index contributed by atoms with van der Waals surface area (Å²) in [6, 6.07) is 16.6. The normalized spacial score (nSPS) is 22.6. The van der Waals surface area contributed by atoms with Gasteiger partial charge in [-0.2, -0.15) is 0 Å². The molecule has 1 aliphatic carbocycles. The summed E-state index contributed by atoms with van der Waals surface area (Å²) in [6.07, 6.45) is -1.66. The van der Waals surface area contributed by atoms with Gasteiger partial charge in [-0.15, -0.1) is 0 Å². The summed E-state index contributed by atoms with van der Waals surface area (Å²) in [6.45, 7) is -0.338. The molecule has 8 heteroatoms. The van der Waals surface area contributed by atoms with Gasteiger partial charge in [0.1, 0.15) is 18.0 Å². The molecule has 0 spiro atoms. The first-order valence-corrected chi connectivity index (χ1v) is 9.92. The zero-order chi connectivity index (χ0) is 23.1. The largest absolute Gasteiger partial charge is 0.485 e. The molecular formula is C24H22O8. The highest BCUT2D eigenvalue weighted by atomic mass is 16.5. The fourth-order valence-electron chi connectivity index (χ4n) is 3.57. The number of carbonyl (C=O) groups excluding carboxylic acids is 3. The first-order chi connectivity index (χ1) is 15.3. The Hall–Kier alpha value is -3.78. The highest BCUT2D eigenvalue weighted by molar-refractivity contribution is 5.99. The van der Waals surface area contributed by atoms with E-state index < -0.39 is 47.5 Å². The second-order valence-corrected chi connectivity index (χ2v) is 7.39. The van der Waals surface area contributed by atoms with E-state index >= 15 is 0 Å². The number of ketones is 2. The molecule has 2 aromatic carbocycles. The SMILES string of the molecule is O=C(O)C[C@]1(C=CC(=O)COc2ccccc2)C(=O)[C@H](O)C[C@@H]1OC(=O)c1ccccc1. The highest BCUT2D eigenvalue weighted by Crippen LogP contribution is 2.42. The summed E-state index contributed by atoms with van der Waals surface area (Å²) in [4.78, 5) is 49.1. The van der Waals surface area contributed by atoms with Crippen LogP contribution in [0.25, 0.3) is 0 Å². The number of esters is 1. The maximum Gasteiger partial charge on any atom is 0.338 e. The lowest BCUT2D eigenvalue weighted by Gasteiger charge is -2.29. The van der Waals surface area contributed by atoms with Gasteiger partial charge in [-0.05, 0) is 30.3 Å². The van der Waals surface area contributed by atoms with E-state index in [1.165, 1.54) is 12.1 Å². The van der Waals surface area contributed by atoms with Crippen LogP contribution in [0.4, 0.5) is 0 Å². The third-order valence-corrected chi connectivity index (χ3v) is 5.17. The van der Waals surface area contributed by atoms with Gasteiger partial charge in [0.15, 0.2) is 18.2 Å². The van der Waals surface area contributed by atoms with E-state index in [2.05, 4.69) is 0 Å². The van der Waals surface area contributed by atoms with E-state index in [0.29, 0.717) is 5.75 Å². The monoisotopic (exact) mass is 438 g/mol.